The molecule has 2 aromatic heterocycles. The van der Waals surface area contributed by atoms with Crippen molar-refractivity contribution in [1.29, 1.82) is 0 Å². The van der Waals surface area contributed by atoms with Gasteiger partial charge in [-0.1, -0.05) is 0 Å². The van der Waals surface area contributed by atoms with Gasteiger partial charge in [-0.05, 0) is 47.9 Å². The first-order valence-corrected chi connectivity index (χ1v) is 8.14. The van der Waals surface area contributed by atoms with Crippen LogP contribution in [-0.4, -0.2) is 10.7 Å². The van der Waals surface area contributed by atoms with E-state index in [1.165, 1.54) is 28.2 Å². The van der Waals surface area contributed by atoms with Gasteiger partial charge in [0, 0.05) is 33.9 Å². The second-order valence-corrected chi connectivity index (χ2v) is 6.84. The topological polar surface area (TPSA) is 38.9 Å². The molecule has 2 aromatic rings. The highest BCUT2D eigenvalue weighted by Gasteiger charge is 2.17. The minimum absolute atomic E-state index is 0.119. The molecule has 0 aliphatic carbocycles. The summed E-state index contributed by atoms with van der Waals surface area (Å²) < 4.78 is 0. The Hall–Kier alpha value is -0.840. The summed E-state index contributed by atoms with van der Waals surface area (Å²) in [7, 11) is 0. The fourth-order valence-electron chi connectivity index (χ4n) is 2.23. The fraction of sp³-hybridized carbons (Fsp3) is 0.357. The molecule has 0 saturated heterocycles. The van der Waals surface area contributed by atoms with Crippen molar-refractivity contribution in [2.45, 2.75) is 24.6 Å². The van der Waals surface area contributed by atoms with E-state index in [2.05, 4.69) is 11.1 Å². The van der Waals surface area contributed by atoms with Gasteiger partial charge in [0.15, 0.2) is 0 Å². The normalized spacial score (nSPS) is 16.3. The summed E-state index contributed by atoms with van der Waals surface area (Å²) in [5.74, 6) is 2.42. The minimum Gasteiger partial charge on any atom is -0.323 e. The second kappa shape index (κ2) is 5.43. The number of aromatic nitrogens is 1. The third-order valence-electron chi connectivity index (χ3n) is 3.22. The van der Waals surface area contributed by atoms with Gasteiger partial charge < -0.3 is 5.73 Å². The molecule has 2 nitrogen and oxygen atoms in total. The third kappa shape index (κ3) is 2.60. The van der Waals surface area contributed by atoms with Crippen LogP contribution in [0.25, 0.3) is 0 Å². The molecule has 2 N–H and O–H groups in total. The Morgan fingerprint density at radius 3 is 2.94 bits per heavy atom. The lowest BCUT2D eigenvalue weighted by atomic mass is 10.1. The zero-order valence-electron chi connectivity index (χ0n) is 10.1. The Kier molecular flexibility index (Phi) is 3.68. The van der Waals surface area contributed by atoms with E-state index in [4.69, 9.17) is 5.73 Å². The Balaban J connectivity index is 1.76. The van der Waals surface area contributed by atoms with E-state index >= 15 is 0 Å². The summed E-state index contributed by atoms with van der Waals surface area (Å²) in [6.07, 6.45) is 5.78. The highest BCUT2D eigenvalue weighted by atomic mass is 32.2. The monoisotopic (exact) mass is 276 g/mol. The molecule has 4 heteroatoms. The molecule has 1 atom stereocenters. The van der Waals surface area contributed by atoms with Gasteiger partial charge in [-0.3, -0.25) is 4.98 Å². The maximum Gasteiger partial charge on any atom is 0.0430 e. The highest BCUT2D eigenvalue weighted by molar-refractivity contribution is 7.98. The Morgan fingerprint density at radius 2 is 2.17 bits per heavy atom. The summed E-state index contributed by atoms with van der Waals surface area (Å²) >= 11 is 3.93. The second-order valence-electron chi connectivity index (χ2n) is 4.57. The average molecular weight is 276 g/mol. The van der Waals surface area contributed by atoms with Crippen LogP contribution in [0.1, 0.15) is 26.9 Å². The van der Waals surface area contributed by atoms with Gasteiger partial charge in [0.05, 0.1) is 0 Å². The van der Waals surface area contributed by atoms with Gasteiger partial charge in [-0.15, -0.1) is 11.3 Å². The van der Waals surface area contributed by atoms with E-state index in [0.29, 0.717) is 0 Å². The zero-order valence-corrected chi connectivity index (χ0v) is 11.8. The van der Waals surface area contributed by atoms with Gasteiger partial charge in [-0.25, -0.2) is 0 Å². The van der Waals surface area contributed by atoms with Gasteiger partial charge in [0.2, 0.25) is 0 Å². The van der Waals surface area contributed by atoms with Crippen molar-refractivity contribution in [3.63, 3.8) is 0 Å². The molecule has 0 fully saturated rings. The molecule has 1 aliphatic rings. The number of nitrogens with zero attached hydrogens (tertiary/aromatic N) is 1. The Morgan fingerprint density at radius 1 is 1.33 bits per heavy atom. The van der Waals surface area contributed by atoms with E-state index in [1.54, 1.807) is 4.88 Å². The number of rotatable bonds is 3. The lowest BCUT2D eigenvalue weighted by molar-refractivity contribution is 0.735. The van der Waals surface area contributed by atoms with Crippen molar-refractivity contribution >= 4 is 23.1 Å². The van der Waals surface area contributed by atoms with Crippen LogP contribution in [-0.2, 0) is 18.6 Å². The first-order valence-electron chi connectivity index (χ1n) is 6.16. The molecule has 1 unspecified atom stereocenters. The van der Waals surface area contributed by atoms with Crippen molar-refractivity contribution < 1.29 is 0 Å². The van der Waals surface area contributed by atoms with Crippen molar-refractivity contribution in [3.05, 3.63) is 51.5 Å². The van der Waals surface area contributed by atoms with Crippen molar-refractivity contribution in [2.24, 2.45) is 5.73 Å². The van der Waals surface area contributed by atoms with Gasteiger partial charge in [-0.2, -0.15) is 11.8 Å². The predicted octanol–water partition coefficient (Wildman–Crippen LogP) is 3.17. The van der Waals surface area contributed by atoms with E-state index in [1.807, 2.05) is 47.6 Å². The molecule has 0 bridgehead atoms. The van der Waals surface area contributed by atoms with Crippen LogP contribution in [0, 0.1) is 0 Å². The number of fused-ring (bicyclic) bond motifs is 1. The number of thioether (sulfide) groups is 1. The number of hydrogen-bond acceptors (Lipinski definition) is 4. The predicted molar refractivity (Wildman–Crippen MR) is 79.1 cm³/mol. The van der Waals surface area contributed by atoms with E-state index < -0.39 is 0 Å². The van der Waals surface area contributed by atoms with Crippen LogP contribution >= 0.6 is 23.1 Å². The smallest absolute Gasteiger partial charge is 0.0430 e. The van der Waals surface area contributed by atoms with Crippen LogP contribution in [0.2, 0.25) is 0 Å². The third-order valence-corrected chi connectivity index (χ3v) is 5.59. The van der Waals surface area contributed by atoms with Gasteiger partial charge in [0.1, 0.15) is 0 Å². The summed E-state index contributed by atoms with van der Waals surface area (Å²) in [5.41, 5.74) is 9.10. The molecular formula is C14H16N2S2. The summed E-state index contributed by atoms with van der Waals surface area (Å²) in [6, 6.07) is 6.53. The van der Waals surface area contributed by atoms with E-state index in [-0.39, 0.29) is 6.04 Å². The number of pyridine rings is 1. The number of nitrogens with two attached hydrogens (primary N) is 1. The Bertz CT molecular complexity index is 498. The number of aryl methyl sites for hydroxylation is 1. The van der Waals surface area contributed by atoms with Crippen LogP contribution < -0.4 is 5.73 Å². The number of hydrogen-bond donors (Lipinski definition) is 1. The molecule has 0 aromatic carbocycles. The standard InChI is InChI=1S/C14H16N2S2/c15-12(7-10-1-4-16-5-2-10)14-8-11-9-17-6-3-13(11)18-14/h1-2,4-5,8,12H,3,6-7,9,15H2. The fourth-order valence-corrected chi connectivity index (χ4v) is 4.60. The summed E-state index contributed by atoms with van der Waals surface area (Å²) in [6.45, 7) is 0. The molecule has 18 heavy (non-hydrogen) atoms. The lowest BCUT2D eigenvalue weighted by Crippen LogP contribution is -2.11. The van der Waals surface area contributed by atoms with Crippen molar-refractivity contribution in [3.8, 4) is 0 Å². The summed E-state index contributed by atoms with van der Waals surface area (Å²) in [4.78, 5) is 6.92. The highest BCUT2D eigenvalue weighted by Crippen LogP contribution is 2.34. The molecule has 0 saturated carbocycles. The lowest BCUT2D eigenvalue weighted by Gasteiger charge is -2.09. The molecule has 94 valence electrons. The van der Waals surface area contributed by atoms with Crippen molar-refractivity contribution in [2.75, 3.05) is 5.75 Å². The maximum atomic E-state index is 6.32. The minimum atomic E-state index is 0.119. The van der Waals surface area contributed by atoms with Crippen LogP contribution in [0.5, 0.6) is 0 Å². The largest absolute Gasteiger partial charge is 0.323 e. The SMILES string of the molecule is NC(Cc1ccncc1)c1cc2c(s1)CCSC2. The van der Waals surface area contributed by atoms with E-state index in [0.717, 1.165) is 12.2 Å². The molecule has 1 aliphatic heterocycles. The molecule has 0 radical (unpaired) electrons. The molecule has 3 rings (SSSR count). The van der Waals surface area contributed by atoms with Crippen LogP contribution in [0.4, 0.5) is 0 Å². The van der Waals surface area contributed by atoms with Gasteiger partial charge in [0.25, 0.3) is 0 Å². The molecule has 3 heterocycles. The first-order chi connectivity index (χ1) is 8.83. The molecule has 0 spiro atoms. The molecule has 0 amide bonds. The van der Waals surface area contributed by atoms with Crippen molar-refractivity contribution in [1.82, 2.24) is 4.98 Å². The Labute approximate surface area is 116 Å². The quantitative estimate of drug-likeness (QED) is 0.936. The molecular weight excluding hydrogens is 260 g/mol. The number of thiophene rings is 1. The first kappa shape index (κ1) is 12.2. The zero-order chi connectivity index (χ0) is 12.4. The van der Waals surface area contributed by atoms with Crippen LogP contribution in [0.3, 0.4) is 0 Å². The van der Waals surface area contributed by atoms with E-state index in [9.17, 15) is 0 Å². The maximum absolute atomic E-state index is 6.32. The van der Waals surface area contributed by atoms with Gasteiger partial charge >= 0.3 is 0 Å². The van der Waals surface area contributed by atoms with Crippen LogP contribution in [0.15, 0.2) is 30.6 Å². The average Bonchev–Trinajstić information content (AvgIpc) is 2.84. The summed E-state index contributed by atoms with van der Waals surface area (Å²) in [5, 5.41) is 0.